The van der Waals surface area contributed by atoms with Gasteiger partial charge in [-0.25, -0.2) is 0 Å². The average Bonchev–Trinajstić information content (AvgIpc) is 3.32. The topological polar surface area (TPSA) is 55.1 Å². The fourth-order valence-corrected chi connectivity index (χ4v) is 3.02. The summed E-state index contributed by atoms with van der Waals surface area (Å²) in [6.45, 7) is 2.56. The van der Waals surface area contributed by atoms with Gasteiger partial charge in [0, 0.05) is 6.54 Å². The number of hydrogen-bond acceptors (Lipinski definition) is 2. The second-order valence-corrected chi connectivity index (χ2v) is 6.26. The molecule has 1 aliphatic rings. The monoisotopic (exact) mass is 318 g/mol. The predicted octanol–water partition coefficient (Wildman–Crippen LogP) is 3.05. The molecule has 1 fully saturated rings. The molecule has 118 valence electrons. The van der Waals surface area contributed by atoms with Crippen molar-refractivity contribution < 1.29 is 4.79 Å². The zero-order valence-corrected chi connectivity index (χ0v) is 13.7. The van der Waals surface area contributed by atoms with Crippen LogP contribution in [-0.2, 0) is 11.2 Å². The van der Waals surface area contributed by atoms with E-state index in [9.17, 15) is 4.79 Å². The lowest BCUT2D eigenvalue weighted by atomic mass is 9.95. The average molecular weight is 319 g/mol. The fraction of sp³-hybridized carbons (Fsp3) is 0.389. The van der Waals surface area contributed by atoms with E-state index in [4.69, 9.17) is 5.73 Å². The quantitative estimate of drug-likeness (QED) is 0.890. The summed E-state index contributed by atoms with van der Waals surface area (Å²) in [6, 6.07) is 14.3. The van der Waals surface area contributed by atoms with Gasteiger partial charge < -0.3 is 11.1 Å². The molecule has 0 radical (unpaired) electrons. The maximum atomic E-state index is 12.4. The maximum absolute atomic E-state index is 12.4. The van der Waals surface area contributed by atoms with Gasteiger partial charge in [-0.2, -0.15) is 0 Å². The number of nitrogens with one attached hydrogen (secondary N) is 1. The summed E-state index contributed by atoms with van der Waals surface area (Å²) in [7, 11) is 0. The molecule has 0 aromatic heterocycles. The molecule has 0 bridgehead atoms. The molecular weight excluding hydrogens is 296 g/mol. The lowest BCUT2D eigenvalue weighted by Gasteiger charge is -2.29. The first-order valence-corrected chi connectivity index (χ1v) is 7.60. The van der Waals surface area contributed by atoms with Gasteiger partial charge in [0.2, 0.25) is 5.91 Å². The van der Waals surface area contributed by atoms with Crippen LogP contribution in [0, 0.1) is 5.92 Å². The van der Waals surface area contributed by atoms with Crippen LogP contribution >= 0.6 is 12.4 Å². The third-order valence-electron chi connectivity index (χ3n) is 4.56. The Morgan fingerprint density at radius 1 is 1.23 bits per heavy atom. The van der Waals surface area contributed by atoms with Gasteiger partial charge in [0.25, 0.3) is 0 Å². The van der Waals surface area contributed by atoms with Crippen molar-refractivity contribution in [3.05, 3.63) is 48.0 Å². The van der Waals surface area contributed by atoms with Crippen molar-refractivity contribution in [1.82, 2.24) is 5.32 Å². The highest BCUT2D eigenvalue weighted by atomic mass is 35.5. The second kappa shape index (κ2) is 6.67. The first-order chi connectivity index (χ1) is 10.1. The summed E-state index contributed by atoms with van der Waals surface area (Å²) >= 11 is 0. The maximum Gasteiger partial charge on any atom is 0.224 e. The normalized spacial score (nSPS) is 16.6. The number of carbonyl (C=O) groups excluding carboxylic acids is 1. The van der Waals surface area contributed by atoms with Crippen molar-refractivity contribution in [2.24, 2.45) is 11.7 Å². The highest BCUT2D eigenvalue weighted by Gasteiger charge is 2.41. The Kier molecular flexibility index (Phi) is 5.09. The lowest BCUT2D eigenvalue weighted by molar-refractivity contribution is -0.122. The fourth-order valence-electron chi connectivity index (χ4n) is 3.02. The van der Waals surface area contributed by atoms with E-state index in [2.05, 4.69) is 30.4 Å². The van der Waals surface area contributed by atoms with Gasteiger partial charge in [-0.1, -0.05) is 42.5 Å². The van der Waals surface area contributed by atoms with Crippen LogP contribution in [-0.4, -0.2) is 18.0 Å². The van der Waals surface area contributed by atoms with E-state index in [-0.39, 0.29) is 23.9 Å². The zero-order chi connectivity index (χ0) is 14.9. The summed E-state index contributed by atoms with van der Waals surface area (Å²) in [5, 5.41) is 5.48. The van der Waals surface area contributed by atoms with E-state index in [0.29, 0.717) is 18.9 Å². The van der Waals surface area contributed by atoms with E-state index in [1.165, 1.54) is 18.2 Å². The first-order valence-electron chi connectivity index (χ1n) is 7.60. The Bertz CT molecular complexity index is 664. The van der Waals surface area contributed by atoms with E-state index in [1.54, 1.807) is 0 Å². The number of hydrogen-bond donors (Lipinski definition) is 2. The van der Waals surface area contributed by atoms with Crippen LogP contribution in [0.1, 0.15) is 25.3 Å². The Hall–Kier alpha value is -1.58. The van der Waals surface area contributed by atoms with Crippen molar-refractivity contribution in [2.45, 2.75) is 31.7 Å². The molecule has 0 saturated heterocycles. The smallest absolute Gasteiger partial charge is 0.224 e. The molecule has 0 spiro atoms. The molecule has 1 aliphatic carbocycles. The highest BCUT2D eigenvalue weighted by molar-refractivity contribution is 5.90. The van der Waals surface area contributed by atoms with Gasteiger partial charge in [-0.3, -0.25) is 4.79 Å². The van der Waals surface area contributed by atoms with E-state index >= 15 is 0 Å². The van der Waals surface area contributed by atoms with Gasteiger partial charge >= 0.3 is 0 Å². The Labute approximate surface area is 137 Å². The second-order valence-electron chi connectivity index (χ2n) is 6.26. The number of nitrogens with two attached hydrogens (primary N) is 1. The third-order valence-corrected chi connectivity index (χ3v) is 4.56. The van der Waals surface area contributed by atoms with Crippen molar-refractivity contribution >= 4 is 29.1 Å². The molecule has 1 amide bonds. The molecule has 0 aliphatic heterocycles. The number of carbonyl (C=O) groups is 1. The van der Waals surface area contributed by atoms with Crippen LogP contribution in [0.4, 0.5) is 0 Å². The molecule has 0 heterocycles. The van der Waals surface area contributed by atoms with E-state index in [0.717, 1.165) is 10.9 Å². The highest BCUT2D eigenvalue weighted by Crippen LogP contribution is 2.39. The molecule has 1 atom stereocenters. The standard InChI is InChI=1S/C18H22N2O.ClH/c1-18(12-19,15-9-10-15)20-17(21)11-14-7-4-6-13-5-2-3-8-16(13)14;/h2-8,15H,9-12,19H2,1H3,(H,20,21);1H. The minimum absolute atomic E-state index is 0. The molecule has 22 heavy (non-hydrogen) atoms. The van der Waals surface area contributed by atoms with Crippen molar-refractivity contribution in [2.75, 3.05) is 6.54 Å². The van der Waals surface area contributed by atoms with Crippen LogP contribution in [0.3, 0.4) is 0 Å². The van der Waals surface area contributed by atoms with E-state index in [1.807, 2.05) is 24.3 Å². The molecule has 2 aromatic carbocycles. The van der Waals surface area contributed by atoms with Crippen LogP contribution in [0.2, 0.25) is 0 Å². The van der Waals surface area contributed by atoms with Crippen molar-refractivity contribution in [3.63, 3.8) is 0 Å². The molecule has 2 aromatic rings. The van der Waals surface area contributed by atoms with E-state index < -0.39 is 0 Å². The summed E-state index contributed by atoms with van der Waals surface area (Å²) in [5.41, 5.74) is 6.69. The van der Waals surface area contributed by atoms with Crippen molar-refractivity contribution in [1.29, 1.82) is 0 Å². The lowest BCUT2D eigenvalue weighted by Crippen LogP contribution is -2.53. The zero-order valence-electron chi connectivity index (χ0n) is 12.8. The van der Waals surface area contributed by atoms with Crippen LogP contribution in [0.15, 0.2) is 42.5 Å². The molecule has 3 rings (SSSR count). The number of rotatable bonds is 5. The van der Waals surface area contributed by atoms with Crippen LogP contribution < -0.4 is 11.1 Å². The SMILES string of the molecule is CC(CN)(NC(=O)Cc1cccc2ccccc12)C1CC1.Cl. The largest absolute Gasteiger partial charge is 0.349 e. The third kappa shape index (κ3) is 3.42. The Morgan fingerprint density at radius 2 is 1.91 bits per heavy atom. The van der Waals surface area contributed by atoms with Gasteiger partial charge in [-0.05, 0) is 42.0 Å². The minimum Gasteiger partial charge on any atom is -0.349 e. The van der Waals surface area contributed by atoms with Gasteiger partial charge in [0.15, 0.2) is 0 Å². The summed E-state index contributed by atoms with van der Waals surface area (Å²) < 4.78 is 0. The number of halogens is 1. The number of fused-ring (bicyclic) bond motifs is 1. The summed E-state index contributed by atoms with van der Waals surface area (Å²) in [5.74, 6) is 0.602. The number of amides is 1. The van der Waals surface area contributed by atoms with Crippen molar-refractivity contribution in [3.8, 4) is 0 Å². The molecule has 3 N–H and O–H groups in total. The van der Waals surface area contributed by atoms with Gasteiger partial charge in [0.05, 0.1) is 12.0 Å². The number of benzene rings is 2. The Balaban J connectivity index is 0.00000176. The predicted molar refractivity (Wildman–Crippen MR) is 93.2 cm³/mol. The molecule has 1 unspecified atom stereocenters. The first kappa shape index (κ1) is 16.8. The molecular formula is C18H23ClN2O. The van der Waals surface area contributed by atoms with Crippen LogP contribution in [0.5, 0.6) is 0 Å². The molecule has 1 saturated carbocycles. The van der Waals surface area contributed by atoms with Gasteiger partial charge in [-0.15, -0.1) is 12.4 Å². The van der Waals surface area contributed by atoms with Gasteiger partial charge in [0.1, 0.15) is 0 Å². The minimum atomic E-state index is -0.248. The summed E-state index contributed by atoms with van der Waals surface area (Å²) in [6.07, 6.45) is 2.74. The Morgan fingerprint density at radius 3 is 2.59 bits per heavy atom. The molecule has 4 heteroatoms. The summed E-state index contributed by atoms with van der Waals surface area (Å²) in [4.78, 5) is 12.4. The molecule has 3 nitrogen and oxygen atoms in total. The van der Waals surface area contributed by atoms with Crippen LogP contribution in [0.25, 0.3) is 10.8 Å².